The molecule has 0 spiro atoms. The molecule has 33 heavy (non-hydrogen) atoms. The van der Waals surface area contributed by atoms with Gasteiger partial charge in [-0.2, -0.15) is 5.26 Å². The van der Waals surface area contributed by atoms with Crippen LogP contribution in [0, 0.1) is 11.3 Å². The summed E-state index contributed by atoms with van der Waals surface area (Å²) in [7, 11) is 0. The highest BCUT2D eigenvalue weighted by Crippen LogP contribution is 2.40. The number of anilines is 1. The summed E-state index contributed by atoms with van der Waals surface area (Å²) in [5.74, 6) is -0.0892. The van der Waals surface area contributed by atoms with Crippen molar-refractivity contribution >= 4 is 52.1 Å². The second-order valence-corrected chi connectivity index (χ2v) is 8.92. The number of carbonyl (C=O) groups excluding carboxylic acids is 1. The molecule has 0 N–H and O–H groups in total. The average Bonchev–Trinajstić information content (AvgIpc) is 3.20. The Bertz CT molecular complexity index is 1230. The monoisotopic (exact) mass is 495 g/mol. The first-order chi connectivity index (χ1) is 16.0. The van der Waals surface area contributed by atoms with E-state index in [-0.39, 0.29) is 12.5 Å². The van der Waals surface area contributed by atoms with Gasteiger partial charge in [0, 0.05) is 22.0 Å². The maximum Gasteiger partial charge on any atom is 0.241 e. The molecular formula is C26H20Cl3N3O. The first kappa shape index (κ1) is 23.2. The van der Waals surface area contributed by atoms with E-state index < -0.39 is 0 Å². The van der Waals surface area contributed by atoms with E-state index in [4.69, 9.17) is 34.8 Å². The van der Waals surface area contributed by atoms with E-state index in [1.165, 1.54) is 5.56 Å². The topological polar surface area (TPSA) is 47.3 Å². The quantitative estimate of drug-likeness (QED) is 0.363. The summed E-state index contributed by atoms with van der Waals surface area (Å²) >= 11 is 18.7. The average molecular weight is 497 g/mol. The maximum atomic E-state index is 13.3. The van der Waals surface area contributed by atoms with E-state index >= 15 is 0 Å². The number of nitrogens with zero attached hydrogens (tertiary/aromatic N) is 3. The number of hydrogen-bond donors (Lipinski definition) is 0. The Balaban J connectivity index is 1.67. The normalized spacial score (nSPS) is 13.4. The Morgan fingerprint density at radius 3 is 2.30 bits per heavy atom. The molecule has 3 aromatic carbocycles. The number of carbonyl (C=O) groups is 1. The number of hydrogen-bond acceptors (Lipinski definition) is 3. The minimum Gasteiger partial charge on any atom is -0.273 e. The highest BCUT2D eigenvalue weighted by atomic mass is 35.5. The van der Waals surface area contributed by atoms with Crippen LogP contribution in [-0.2, 0) is 11.2 Å². The molecular weight excluding hydrogens is 477 g/mol. The molecule has 4 rings (SSSR count). The number of amides is 1. The second kappa shape index (κ2) is 10.3. The third-order valence-corrected chi connectivity index (χ3v) is 6.21. The van der Waals surface area contributed by atoms with Crippen LogP contribution in [0.2, 0.25) is 15.1 Å². The molecule has 0 saturated carbocycles. The summed E-state index contributed by atoms with van der Waals surface area (Å²) in [4.78, 5) is 13.3. The first-order valence-electron chi connectivity index (χ1n) is 10.5. The molecule has 0 radical (unpaired) electrons. The van der Waals surface area contributed by atoms with Crippen molar-refractivity contribution in [3.63, 3.8) is 0 Å². The van der Waals surface area contributed by atoms with Crippen LogP contribution in [0.4, 0.5) is 5.69 Å². The molecule has 0 aromatic heterocycles. The third kappa shape index (κ3) is 5.17. The Hall–Kier alpha value is -2.97. The van der Waals surface area contributed by atoms with Gasteiger partial charge in [-0.3, -0.25) is 4.79 Å². The van der Waals surface area contributed by atoms with E-state index in [0.717, 1.165) is 12.0 Å². The zero-order valence-electron chi connectivity index (χ0n) is 17.6. The van der Waals surface area contributed by atoms with Crippen molar-refractivity contribution in [1.82, 2.24) is 5.01 Å². The van der Waals surface area contributed by atoms with Crippen LogP contribution in [0.1, 0.15) is 24.0 Å². The number of halogens is 3. The molecule has 166 valence electrons. The SMILES string of the molecule is N#CC1=C(c2ccc(Cl)cc2)N(c2ccc(Cl)cc2Cl)N(C(=O)CCCc2ccccc2)C1. The number of hydrazine groups is 1. The van der Waals surface area contributed by atoms with Crippen LogP contribution in [-0.4, -0.2) is 17.5 Å². The number of aryl methyl sites for hydroxylation is 1. The summed E-state index contributed by atoms with van der Waals surface area (Å²) in [6, 6.07) is 24.6. The van der Waals surface area contributed by atoms with Crippen LogP contribution >= 0.6 is 34.8 Å². The molecule has 1 heterocycles. The molecule has 0 bridgehead atoms. The van der Waals surface area contributed by atoms with Gasteiger partial charge in [0.2, 0.25) is 5.91 Å². The zero-order chi connectivity index (χ0) is 23.4. The van der Waals surface area contributed by atoms with Gasteiger partial charge in [0.15, 0.2) is 0 Å². The lowest BCUT2D eigenvalue weighted by Gasteiger charge is -2.33. The predicted molar refractivity (Wildman–Crippen MR) is 134 cm³/mol. The van der Waals surface area contributed by atoms with Crippen molar-refractivity contribution in [3.8, 4) is 6.07 Å². The number of benzene rings is 3. The molecule has 0 unspecified atom stereocenters. The second-order valence-electron chi connectivity index (χ2n) is 7.64. The molecule has 1 amide bonds. The van der Waals surface area contributed by atoms with Gasteiger partial charge in [0.05, 0.1) is 34.6 Å². The molecule has 0 atom stereocenters. The van der Waals surface area contributed by atoms with E-state index in [0.29, 0.717) is 44.9 Å². The van der Waals surface area contributed by atoms with Gasteiger partial charge in [-0.15, -0.1) is 0 Å². The van der Waals surface area contributed by atoms with Crippen molar-refractivity contribution in [2.24, 2.45) is 0 Å². The van der Waals surface area contributed by atoms with Crippen LogP contribution in [0.5, 0.6) is 0 Å². The van der Waals surface area contributed by atoms with E-state index in [2.05, 4.69) is 6.07 Å². The van der Waals surface area contributed by atoms with Gasteiger partial charge >= 0.3 is 0 Å². The van der Waals surface area contributed by atoms with Gasteiger partial charge in [0.1, 0.15) is 0 Å². The fourth-order valence-electron chi connectivity index (χ4n) is 3.86. The molecule has 0 aliphatic carbocycles. The maximum absolute atomic E-state index is 13.3. The van der Waals surface area contributed by atoms with Gasteiger partial charge in [-0.05, 0) is 48.7 Å². The van der Waals surface area contributed by atoms with Crippen molar-refractivity contribution in [2.45, 2.75) is 19.3 Å². The Morgan fingerprint density at radius 2 is 1.64 bits per heavy atom. The molecule has 0 saturated heterocycles. The molecule has 4 nitrogen and oxygen atoms in total. The lowest BCUT2D eigenvalue weighted by Crippen LogP contribution is -2.42. The molecule has 1 aliphatic heterocycles. The van der Waals surface area contributed by atoms with Crippen LogP contribution in [0.15, 0.2) is 78.4 Å². The van der Waals surface area contributed by atoms with Crippen LogP contribution in [0.25, 0.3) is 5.70 Å². The van der Waals surface area contributed by atoms with Gasteiger partial charge in [-0.1, -0.05) is 77.3 Å². The van der Waals surface area contributed by atoms with Gasteiger partial charge < -0.3 is 0 Å². The predicted octanol–water partition coefficient (Wildman–Crippen LogP) is 7.17. The summed E-state index contributed by atoms with van der Waals surface area (Å²) < 4.78 is 0. The summed E-state index contributed by atoms with van der Waals surface area (Å²) in [6.45, 7) is 0.164. The largest absolute Gasteiger partial charge is 0.273 e. The first-order valence-corrected chi connectivity index (χ1v) is 11.6. The van der Waals surface area contributed by atoms with E-state index in [9.17, 15) is 10.1 Å². The highest BCUT2D eigenvalue weighted by molar-refractivity contribution is 6.36. The van der Waals surface area contributed by atoms with Crippen molar-refractivity contribution in [3.05, 3.63) is 105 Å². The van der Waals surface area contributed by atoms with Crippen molar-refractivity contribution in [1.29, 1.82) is 5.26 Å². The van der Waals surface area contributed by atoms with E-state index in [1.54, 1.807) is 40.3 Å². The van der Waals surface area contributed by atoms with Gasteiger partial charge in [0.25, 0.3) is 0 Å². The Morgan fingerprint density at radius 1 is 0.939 bits per heavy atom. The Labute approximate surface area is 208 Å². The fraction of sp³-hybridized carbons (Fsp3) is 0.154. The van der Waals surface area contributed by atoms with Gasteiger partial charge in [-0.25, -0.2) is 10.0 Å². The number of rotatable bonds is 6. The molecule has 0 fully saturated rings. The number of nitriles is 1. The minimum atomic E-state index is -0.0892. The summed E-state index contributed by atoms with van der Waals surface area (Å²) in [5, 5.41) is 14.7. The highest BCUT2D eigenvalue weighted by Gasteiger charge is 2.36. The fourth-order valence-corrected chi connectivity index (χ4v) is 4.47. The minimum absolute atomic E-state index is 0.0892. The van der Waals surface area contributed by atoms with Crippen LogP contribution < -0.4 is 5.01 Å². The van der Waals surface area contributed by atoms with Crippen molar-refractivity contribution in [2.75, 3.05) is 11.6 Å². The summed E-state index contributed by atoms with van der Waals surface area (Å²) in [5.41, 5.74) is 3.60. The zero-order valence-corrected chi connectivity index (χ0v) is 19.9. The molecule has 7 heteroatoms. The molecule has 3 aromatic rings. The molecule has 1 aliphatic rings. The van der Waals surface area contributed by atoms with Crippen molar-refractivity contribution < 1.29 is 4.79 Å². The lowest BCUT2D eigenvalue weighted by molar-refractivity contribution is -0.130. The Kier molecular flexibility index (Phi) is 7.25. The lowest BCUT2D eigenvalue weighted by atomic mass is 10.1. The summed E-state index contributed by atoms with van der Waals surface area (Å²) in [6.07, 6.45) is 1.83. The standard InChI is InChI=1S/C26H20Cl3N3O/c27-21-11-9-19(10-12-21)26-20(16-30)17-31(32(26)24-14-13-22(28)15-23(24)29)25(33)8-4-7-18-5-2-1-3-6-18/h1-3,5-6,9-15H,4,7-8,17H2. The smallest absolute Gasteiger partial charge is 0.241 e. The van der Waals surface area contributed by atoms with E-state index in [1.807, 2.05) is 42.5 Å². The third-order valence-electron chi connectivity index (χ3n) is 5.42. The van der Waals surface area contributed by atoms with Crippen LogP contribution in [0.3, 0.4) is 0 Å².